The van der Waals surface area contributed by atoms with Gasteiger partial charge in [0, 0.05) is 12.1 Å². The predicted octanol–water partition coefficient (Wildman–Crippen LogP) is 3.15. The molecule has 98 valence electrons. The van der Waals surface area contributed by atoms with Crippen LogP contribution in [0.1, 0.15) is 31.9 Å². The molecule has 0 aliphatic rings. The zero-order valence-electron chi connectivity index (χ0n) is 10.8. The number of halogens is 1. The van der Waals surface area contributed by atoms with Crippen LogP contribution < -0.4 is 0 Å². The van der Waals surface area contributed by atoms with Gasteiger partial charge < -0.3 is 0 Å². The van der Waals surface area contributed by atoms with E-state index in [1.807, 2.05) is 6.07 Å². The lowest BCUT2D eigenvalue weighted by Crippen LogP contribution is -2.04. The van der Waals surface area contributed by atoms with Crippen LogP contribution in [0.5, 0.6) is 0 Å². The molecule has 0 amide bonds. The molecule has 1 aromatic carbocycles. The van der Waals surface area contributed by atoms with Crippen molar-refractivity contribution in [3.63, 3.8) is 0 Å². The van der Waals surface area contributed by atoms with Gasteiger partial charge in [-0.1, -0.05) is 37.1 Å². The first kappa shape index (κ1) is 13.2. The van der Waals surface area contributed by atoms with Gasteiger partial charge in [0.25, 0.3) is 0 Å². The molecule has 0 saturated heterocycles. The minimum absolute atomic E-state index is 0.168. The molecule has 0 spiro atoms. The summed E-state index contributed by atoms with van der Waals surface area (Å²) in [5.41, 5.74) is 1.01. The Bertz CT molecular complexity index is 598. The molecule has 2 rings (SSSR count). The van der Waals surface area contributed by atoms with Crippen LogP contribution in [0, 0.1) is 17.1 Å². The van der Waals surface area contributed by atoms with Crippen molar-refractivity contribution >= 4 is 0 Å². The zero-order valence-corrected chi connectivity index (χ0v) is 10.8. The Hall–Kier alpha value is -2.22. The summed E-state index contributed by atoms with van der Waals surface area (Å²) >= 11 is 0. The molecule has 0 aliphatic carbocycles. The van der Waals surface area contributed by atoms with E-state index >= 15 is 0 Å². The van der Waals surface area contributed by atoms with E-state index in [1.54, 1.807) is 22.9 Å². The molecular formula is C14H15FN4. The molecule has 0 N–H and O–H groups in total. The lowest BCUT2D eigenvalue weighted by molar-refractivity contribution is 0.539. The van der Waals surface area contributed by atoms with Crippen molar-refractivity contribution < 1.29 is 4.39 Å². The zero-order chi connectivity index (χ0) is 13.7. The number of nitrogens with zero attached hydrogens (tertiary/aromatic N) is 4. The van der Waals surface area contributed by atoms with Gasteiger partial charge in [-0.15, -0.1) is 5.10 Å². The average Bonchev–Trinajstić information content (AvgIpc) is 2.82. The third-order valence-corrected chi connectivity index (χ3v) is 2.94. The Kier molecular flexibility index (Phi) is 4.24. The Morgan fingerprint density at radius 2 is 2.11 bits per heavy atom. The van der Waals surface area contributed by atoms with Crippen LogP contribution in [0.3, 0.4) is 0 Å². The average molecular weight is 258 g/mol. The fraction of sp³-hybridized carbons (Fsp3) is 0.357. The Morgan fingerprint density at radius 3 is 2.79 bits per heavy atom. The lowest BCUT2D eigenvalue weighted by atomic mass is 10.1. The standard InChI is InChI=1S/C14H15FN4/c1-2-3-6-9-19-14(13(10-16)17-18-19)11-7-4-5-8-12(11)15/h4-5,7-8H,2-3,6,9H2,1H3. The summed E-state index contributed by atoms with van der Waals surface area (Å²) in [4.78, 5) is 0. The van der Waals surface area contributed by atoms with Gasteiger partial charge in [-0.05, 0) is 18.6 Å². The monoisotopic (exact) mass is 258 g/mol. The van der Waals surface area contributed by atoms with Crippen molar-refractivity contribution in [1.29, 1.82) is 5.26 Å². The van der Waals surface area contributed by atoms with Crippen molar-refractivity contribution in [2.24, 2.45) is 0 Å². The molecule has 0 unspecified atom stereocenters. The van der Waals surface area contributed by atoms with E-state index < -0.39 is 0 Å². The number of aromatic nitrogens is 3. The van der Waals surface area contributed by atoms with Crippen LogP contribution in [0.15, 0.2) is 24.3 Å². The van der Waals surface area contributed by atoms with Crippen molar-refractivity contribution in [3.05, 3.63) is 35.8 Å². The number of rotatable bonds is 5. The Balaban J connectivity index is 2.40. The fourth-order valence-corrected chi connectivity index (χ4v) is 1.98. The van der Waals surface area contributed by atoms with Gasteiger partial charge in [-0.2, -0.15) is 5.26 Å². The SMILES string of the molecule is CCCCCn1nnc(C#N)c1-c1ccccc1F. The predicted molar refractivity (Wildman–Crippen MR) is 69.7 cm³/mol. The van der Waals surface area contributed by atoms with Gasteiger partial charge >= 0.3 is 0 Å². The van der Waals surface area contributed by atoms with E-state index in [0.29, 0.717) is 17.8 Å². The summed E-state index contributed by atoms with van der Waals surface area (Å²) in [6.45, 7) is 2.76. The van der Waals surface area contributed by atoms with E-state index in [0.717, 1.165) is 19.3 Å². The highest BCUT2D eigenvalue weighted by molar-refractivity contribution is 5.65. The number of unbranched alkanes of at least 4 members (excludes halogenated alkanes) is 2. The van der Waals surface area contributed by atoms with Gasteiger partial charge in [0.15, 0.2) is 5.69 Å². The fourth-order valence-electron chi connectivity index (χ4n) is 1.98. The highest BCUT2D eigenvalue weighted by Gasteiger charge is 2.17. The Labute approximate surface area is 111 Å². The summed E-state index contributed by atoms with van der Waals surface area (Å²) in [6, 6.07) is 8.35. The summed E-state index contributed by atoms with van der Waals surface area (Å²) in [6.07, 6.45) is 3.10. The number of benzene rings is 1. The van der Waals surface area contributed by atoms with Gasteiger partial charge in [-0.3, -0.25) is 0 Å². The second-order valence-electron chi connectivity index (χ2n) is 4.31. The largest absolute Gasteiger partial charge is 0.243 e. The van der Waals surface area contributed by atoms with Crippen molar-refractivity contribution in [2.45, 2.75) is 32.7 Å². The molecule has 5 heteroatoms. The maximum absolute atomic E-state index is 13.9. The van der Waals surface area contributed by atoms with Crippen LogP contribution in [0.2, 0.25) is 0 Å². The molecular weight excluding hydrogens is 243 g/mol. The summed E-state index contributed by atoms with van der Waals surface area (Å²) in [5, 5.41) is 16.8. The van der Waals surface area contributed by atoms with E-state index in [2.05, 4.69) is 17.2 Å². The van der Waals surface area contributed by atoms with Crippen LogP contribution in [-0.4, -0.2) is 15.0 Å². The van der Waals surface area contributed by atoms with Crippen LogP contribution in [0.25, 0.3) is 11.3 Å². The topological polar surface area (TPSA) is 54.5 Å². The summed E-state index contributed by atoms with van der Waals surface area (Å²) in [5.74, 6) is -0.363. The van der Waals surface area contributed by atoms with Crippen molar-refractivity contribution in [2.75, 3.05) is 0 Å². The number of hydrogen-bond acceptors (Lipinski definition) is 3. The molecule has 1 heterocycles. The van der Waals surface area contributed by atoms with Crippen molar-refractivity contribution in [1.82, 2.24) is 15.0 Å². The van der Waals surface area contributed by atoms with Gasteiger partial charge in [0.2, 0.25) is 0 Å². The lowest BCUT2D eigenvalue weighted by Gasteiger charge is -2.07. The third kappa shape index (κ3) is 2.79. The van der Waals surface area contributed by atoms with Gasteiger partial charge in [-0.25, -0.2) is 9.07 Å². The van der Waals surface area contributed by atoms with Crippen LogP contribution >= 0.6 is 0 Å². The second-order valence-corrected chi connectivity index (χ2v) is 4.31. The first-order valence-electron chi connectivity index (χ1n) is 6.36. The first-order valence-corrected chi connectivity index (χ1v) is 6.36. The van der Waals surface area contributed by atoms with Crippen LogP contribution in [-0.2, 0) is 6.54 Å². The molecule has 0 fully saturated rings. The molecule has 4 nitrogen and oxygen atoms in total. The molecule has 0 radical (unpaired) electrons. The number of nitriles is 1. The van der Waals surface area contributed by atoms with Gasteiger partial charge in [0.1, 0.15) is 17.6 Å². The normalized spacial score (nSPS) is 10.4. The third-order valence-electron chi connectivity index (χ3n) is 2.94. The number of hydrogen-bond donors (Lipinski definition) is 0. The molecule has 19 heavy (non-hydrogen) atoms. The smallest absolute Gasteiger partial charge is 0.190 e. The second kappa shape index (κ2) is 6.10. The van der Waals surface area contributed by atoms with Crippen molar-refractivity contribution in [3.8, 4) is 17.3 Å². The quantitative estimate of drug-likeness (QED) is 0.774. The number of aryl methyl sites for hydroxylation is 1. The van der Waals surface area contributed by atoms with E-state index in [4.69, 9.17) is 5.26 Å². The van der Waals surface area contributed by atoms with E-state index in [9.17, 15) is 4.39 Å². The summed E-state index contributed by atoms with van der Waals surface area (Å²) < 4.78 is 15.5. The minimum Gasteiger partial charge on any atom is -0.243 e. The molecule has 1 aromatic heterocycles. The highest BCUT2D eigenvalue weighted by Crippen LogP contribution is 2.25. The highest BCUT2D eigenvalue weighted by atomic mass is 19.1. The molecule has 0 saturated carbocycles. The molecule has 0 aliphatic heterocycles. The molecule has 0 atom stereocenters. The summed E-state index contributed by atoms with van der Waals surface area (Å²) in [7, 11) is 0. The van der Waals surface area contributed by atoms with Crippen LogP contribution in [0.4, 0.5) is 4.39 Å². The molecule has 2 aromatic rings. The van der Waals surface area contributed by atoms with Gasteiger partial charge in [0.05, 0.1) is 0 Å². The maximum atomic E-state index is 13.9. The minimum atomic E-state index is -0.363. The molecule has 0 bridgehead atoms. The first-order chi connectivity index (χ1) is 9.27. The van der Waals surface area contributed by atoms with E-state index in [1.165, 1.54) is 6.07 Å². The van der Waals surface area contributed by atoms with E-state index in [-0.39, 0.29) is 11.5 Å². The Morgan fingerprint density at radius 1 is 1.32 bits per heavy atom. The maximum Gasteiger partial charge on any atom is 0.190 e.